The molecule has 0 bridgehead atoms. The molecule has 0 saturated carbocycles. The van der Waals surface area contributed by atoms with Crippen LogP contribution in [-0.4, -0.2) is 49.3 Å². The second-order valence-electron chi connectivity index (χ2n) is 12.1. The molecule has 0 saturated heterocycles. The number of phosphoric ester groups is 1. The molecule has 0 fully saturated rings. The van der Waals surface area contributed by atoms with Gasteiger partial charge in [-0.1, -0.05) is 128 Å². The van der Waals surface area contributed by atoms with Crippen LogP contribution < -0.4 is 5.73 Å². The Morgan fingerprint density at radius 1 is 0.652 bits per heavy atom. The summed E-state index contributed by atoms with van der Waals surface area (Å²) in [7, 11) is -4.36. The largest absolute Gasteiger partial charge is 0.472 e. The first-order valence-corrected chi connectivity index (χ1v) is 19.8. The lowest BCUT2D eigenvalue weighted by Gasteiger charge is -2.19. The number of ether oxygens (including phenoxy) is 2. The molecule has 2 unspecified atom stereocenters. The van der Waals surface area contributed by atoms with Gasteiger partial charge in [0.25, 0.3) is 0 Å². The molecular weight excluding hydrogens is 605 g/mol. The average molecular weight is 674 g/mol. The van der Waals surface area contributed by atoms with Crippen LogP contribution in [0.2, 0.25) is 0 Å². The Hall–Kier alpha value is -1.51. The molecule has 0 aliphatic carbocycles. The molecule has 0 aromatic carbocycles. The molecule has 270 valence electrons. The van der Waals surface area contributed by atoms with Crippen molar-refractivity contribution in [2.45, 2.75) is 168 Å². The number of esters is 2. The van der Waals surface area contributed by atoms with E-state index < -0.39 is 26.5 Å². The third kappa shape index (κ3) is 32.4. The minimum absolute atomic E-state index is 0.0530. The Bertz CT molecular complexity index is 820. The molecule has 0 amide bonds. The number of allylic oxidation sites excluding steroid dienone is 4. The Morgan fingerprint density at radius 3 is 1.70 bits per heavy atom. The van der Waals surface area contributed by atoms with Crippen molar-refractivity contribution in [1.29, 1.82) is 0 Å². The van der Waals surface area contributed by atoms with E-state index in [1.807, 2.05) is 0 Å². The zero-order chi connectivity index (χ0) is 34.0. The van der Waals surface area contributed by atoms with Gasteiger partial charge in [-0.15, -0.1) is 0 Å². The van der Waals surface area contributed by atoms with E-state index in [2.05, 4.69) is 38.2 Å². The van der Waals surface area contributed by atoms with Crippen molar-refractivity contribution in [3.8, 4) is 0 Å². The van der Waals surface area contributed by atoms with Gasteiger partial charge in [-0.2, -0.15) is 0 Å². The minimum atomic E-state index is -4.36. The molecule has 9 nitrogen and oxygen atoms in total. The summed E-state index contributed by atoms with van der Waals surface area (Å²) in [6.07, 6.45) is 32.2. The van der Waals surface area contributed by atoms with Crippen LogP contribution in [0.5, 0.6) is 0 Å². The number of nitrogens with two attached hydrogens (primary N) is 1. The monoisotopic (exact) mass is 673 g/mol. The lowest BCUT2D eigenvalue weighted by atomic mass is 10.1. The zero-order valence-electron chi connectivity index (χ0n) is 29.3. The Labute approximate surface area is 281 Å². The third-order valence-electron chi connectivity index (χ3n) is 7.59. The molecule has 0 aromatic heterocycles. The highest BCUT2D eigenvalue weighted by Gasteiger charge is 2.25. The normalized spacial score (nSPS) is 13.7. The molecule has 0 aliphatic rings. The van der Waals surface area contributed by atoms with Crippen LogP contribution in [0.15, 0.2) is 24.3 Å². The summed E-state index contributed by atoms with van der Waals surface area (Å²) in [6, 6.07) is 0. The van der Waals surface area contributed by atoms with Crippen LogP contribution in [0.4, 0.5) is 0 Å². The van der Waals surface area contributed by atoms with Gasteiger partial charge in [0.2, 0.25) is 0 Å². The first kappa shape index (κ1) is 44.5. The van der Waals surface area contributed by atoms with E-state index in [0.29, 0.717) is 6.42 Å². The van der Waals surface area contributed by atoms with Crippen molar-refractivity contribution in [3.05, 3.63) is 24.3 Å². The van der Waals surface area contributed by atoms with Gasteiger partial charge >= 0.3 is 19.8 Å². The maximum absolute atomic E-state index is 12.5. The first-order valence-electron chi connectivity index (χ1n) is 18.3. The Balaban J connectivity index is 4.20. The van der Waals surface area contributed by atoms with Crippen LogP contribution in [0, 0.1) is 0 Å². The summed E-state index contributed by atoms with van der Waals surface area (Å²) >= 11 is 0. The molecule has 0 aliphatic heterocycles. The molecule has 2 atom stereocenters. The lowest BCUT2D eigenvalue weighted by Crippen LogP contribution is -2.29. The van der Waals surface area contributed by atoms with Gasteiger partial charge in [0, 0.05) is 19.4 Å². The number of hydrogen-bond donors (Lipinski definition) is 2. The van der Waals surface area contributed by atoms with Crippen molar-refractivity contribution in [1.82, 2.24) is 0 Å². The van der Waals surface area contributed by atoms with E-state index in [9.17, 15) is 19.0 Å². The highest BCUT2D eigenvalue weighted by atomic mass is 31.2. The topological polar surface area (TPSA) is 134 Å². The summed E-state index contributed by atoms with van der Waals surface area (Å²) in [5.41, 5.74) is 5.32. The molecule has 46 heavy (non-hydrogen) atoms. The van der Waals surface area contributed by atoms with Crippen LogP contribution in [0.3, 0.4) is 0 Å². The Morgan fingerprint density at radius 2 is 1.13 bits per heavy atom. The second kappa shape index (κ2) is 33.4. The van der Waals surface area contributed by atoms with E-state index in [0.717, 1.165) is 51.4 Å². The van der Waals surface area contributed by atoms with E-state index in [-0.39, 0.29) is 38.6 Å². The zero-order valence-corrected chi connectivity index (χ0v) is 30.2. The number of unbranched alkanes of at least 4 members (excludes halogenated alkanes) is 17. The first-order chi connectivity index (χ1) is 22.3. The van der Waals surface area contributed by atoms with Gasteiger partial charge in [0.05, 0.1) is 13.2 Å². The predicted octanol–water partition coefficient (Wildman–Crippen LogP) is 9.66. The van der Waals surface area contributed by atoms with E-state index in [4.69, 9.17) is 24.3 Å². The standard InChI is InChI=1S/C36H68NO8P/c1-3-5-7-9-11-13-14-15-16-17-18-19-20-21-23-25-27-29-36(39)45-34(33-44-46(40,41)43-31-30-37)32-42-35(38)28-26-24-22-12-10-8-6-4-2/h11,13,15-16,34H,3-10,12,14,17-33,37H2,1-2H3,(H,40,41)/b13-11-,16-15-. The van der Waals surface area contributed by atoms with Crippen molar-refractivity contribution >= 4 is 19.8 Å². The van der Waals surface area contributed by atoms with E-state index in [1.165, 1.54) is 77.0 Å². The number of phosphoric acid groups is 1. The number of carbonyl (C=O) groups is 2. The quantitative estimate of drug-likeness (QED) is 0.0296. The molecule has 10 heteroatoms. The van der Waals surface area contributed by atoms with Crippen molar-refractivity contribution < 1.29 is 37.6 Å². The minimum Gasteiger partial charge on any atom is -0.462 e. The molecule has 0 spiro atoms. The summed E-state index contributed by atoms with van der Waals surface area (Å²) in [5, 5.41) is 0. The van der Waals surface area contributed by atoms with Gasteiger partial charge in [-0.3, -0.25) is 18.6 Å². The summed E-state index contributed by atoms with van der Waals surface area (Å²) in [4.78, 5) is 34.5. The van der Waals surface area contributed by atoms with Crippen molar-refractivity contribution in [3.63, 3.8) is 0 Å². The SMILES string of the molecule is CCCCC/C=C\C/C=C\CCCCCCCCCC(=O)OC(COC(=O)CCCCCCCCCC)COP(=O)(O)OCCN. The highest BCUT2D eigenvalue weighted by molar-refractivity contribution is 7.47. The van der Waals surface area contributed by atoms with Crippen LogP contribution >= 0.6 is 7.82 Å². The molecule has 3 N–H and O–H groups in total. The fourth-order valence-corrected chi connectivity index (χ4v) is 5.60. The second-order valence-corrected chi connectivity index (χ2v) is 13.5. The number of hydrogen-bond acceptors (Lipinski definition) is 8. The molecule has 0 radical (unpaired) electrons. The number of carbonyl (C=O) groups excluding carboxylic acids is 2. The molecular formula is C36H68NO8P. The van der Waals surface area contributed by atoms with E-state index in [1.54, 1.807) is 0 Å². The van der Waals surface area contributed by atoms with Crippen molar-refractivity contribution in [2.24, 2.45) is 5.73 Å². The number of rotatable bonds is 34. The van der Waals surface area contributed by atoms with Gasteiger partial charge in [-0.05, 0) is 44.9 Å². The third-order valence-corrected chi connectivity index (χ3v) is 8.57. The van der Waals surface area contributed by atoms with Gasteiger partial charge in [0.15, 0.2) is 6.10 Å². The highest BCUT2D eigenvalue weighted by Crippen LogP contribution is 2.43. The molecule has 0 rings (SSSR count). The predicted molar refractivity (Wildman–Crippen MR) is 187 cm³/mol. The smallest absolute Gasteiger partial charge is 0.462 e. The van der Waals surface area contributed by atoms with Gasteiger partial charge in [-0.25, -0.2) is 4.57 Å². The maximum Gasteiger partial charge on any atom is 0.472 e. The average Bonchev–Trinajstić information content (AvgIpc) is 3.04. The van der Waals surface area contributed by atoms with E-state index >= 15 is 0 Å². The van der Waals surface area contributed by atoms with Crippen LogP contribution in [0.25, 0.3) is 0 Å². The van der Waals surface area contributed by atoms with Crippen LogP contribution in [-0.2, 0) is 32.7 Å². The van der Waals surface area contributed by atoms with Crippen LogP contribution in [0.1, 0.15) is 162 Å². The van der Waals surface area contributed by atoms with Gasteiger partial charge in [0.1, 0.15) is 6.61 Å². The van der Waals surface area contributed by atoms with Gasteiger partial charge < -0.3 is 20.1 Å². The Kier molecular flexibility index (Phi) is 32.3. The maximum atomic E-state index is 12.5. The summed E-state index contributed by atoms with van der Waals surface area (Å²) in [6.45, 7) is 3.65. The van der Waals surface area contributed by atoms with Crippen molar-refractivity contribution in [2.75, 3.05) is 26.4 Å². The lowest BCUT2D eigenvalue weighted by molar-refractivity contribution is -0.161. The molecule has 0 heterocycles. The molecule has 0 aromatic rings. The fraction of sp³-hybridized carbons (Fsp3) is 0.833. The summed E-state index contributed by atoms with van der Waals surface area (Å²) in [5.74, 6) is -0.842. The fourth-order valence-electron chi connectivity index (χ4n) is 4.84. The summed E-state index contributed by atoms with van der Waals surface area (Å²) < 4.78 is 32.5.